The van der Waals surface area contributed by atoms with Crippen LogP contribution in [0.1, 0.15) is 12.8 Å². The third-order valence-electron chi connectivity index (χ3n) is 2.62. The van der Waals surface area contributed by atoms with Gasteiger partial charge < -0.3 is 9.53 Å². The third kappa shape index (κ3) is 1.61. The monoisotopic (exact) mass is 164 g/mol. The van der Waals surface area contributed by atoms with Crippen LogP contribution >= 0.6 is 0 Å². The first-order chi connectivity index (χ1) is 5.70. The molecule has 12 heavy (non-hydrogen) atoms. The molecule has 0 aliphatic heterocycles. The van der Waals surface area contributed by atoms with Gasteiger partial charge in [0.15, 0.2) is 7.85 Å². The molecular weight excluding hydrogens is 151 g/mol. The summed E-state index contributed by atoms with van der Waals surface area (Å²) in [5, 5.41) is 0. The zero-order valence-corrected chi connectivity index (χ0v) is 7.32. The second-order valence-electron chi connectivity index (χ2n) is 3.19. The number of carbonyl (C=O) groups is 1. The molecule has 0 N–H and O–H groups in total. The van der Waals surface area contributed by atoms with Crippen molar-refractivity contribution in [3.8, 4) is 0 Å². The molecule has 1 aliphatic rings. The second-order valence-corrected chi connectivity index (χ2v) is 3.19. The van der Waals surface area contributed by atoms with Gasteiger partial charge in [0.2, 0.25) is 0 Å². The van der Waals surface area contributed by atoms with Crippen LogP contribution in [0, 0.1) is 11.8 Å². The van der Waals surface area contributed by atoms with Crippen LogP contribution in [0.4, 0.5) is 0 Å². The lowest BCUT2D eigenvalue weighted by Crippen LogP contribution is -2.40. The molecule has 3 heteroatoms. The summed E-state index contributed by atoms with van der Waals surface area (Å²) in [7, 11) is 6.83. The average molecular weight is 164 g/mol. The van der Waals surface area contributed by atoms with Gasteiger partial charge in [-0.2, -0.15) is 0 Å². The van der Waals surface area contributed by atoms with Crippen molar-refractivity contribution < 1.29 is 9.53 Å². The van der Waals surface area contributed by atoms with Gasteiger partial charge in [0, 0.05) is 13.0 Å². The molecular formula is C9H13BO2. The van der Waals surface area contributed by atoms with E-state index in [1.807, 2.05) is 0 Å². The maximum absolute atomic E-state index is 10.9. The van der Waals surface area contributed by atoms with Gasteiger partial charge in [0.25, 0.3) is 0 Å². The Bertz CT molecular complexity index is 187. The van der Waals surface area contributed by atoms with E-state index in [1.54, 1.807) is 13.2 Å². The zero-order chi connectivity index (χ0) is 9.14. The molecule has 1 unspecified atom stereocenters. The topological polar surface area (TPSA) is 26.3 Å². The number of hydrogen-bond donors (Lipinski definition) is 0. The van der Waals surface area contributed by atoms with Crippen LogP contribution in [-0.2, 0) is 9.53 Å². The summed E-state index contributed by atoms with van der Waals surface area (Å²) >= 11 is 0. The summed E-state index contributed by atoms with van der Waals surface area (Å²) in [6.07, 6.45) is 3.63. The van der Waals surface area contributed by atoms with Crippen molar-refractivity contribution in [2.45, 2.75) is 18.9 Å². The van der Waals surface area contributed by atoms with E-state index in [0.29, 0.717) is 0 Å². The Hall–Kier alpha value is -0.565. The van der Waals surface area contributed by atoms with Crippen LogP contribution in [-0.4, -0.2) is 26.7 Å². The first kappa shape index (κ1) is 9.52. The summed E-state index contributed by atoms with van der Waals surface area (Å²) in [4.78, 5) is 10.9. The van der Waals surface area contributed by atoms with E-state index in [4.69, 9.17) is 12.6 Å². The van der Waals surface area contributed by atoms with Gasteiger partial charge >= 0.3 is 0 Å². The van der Waals surface area contributed by atoms with Gasteiger partial charge in [-0.15, -0.1) is 6.58 Å². The Balaban J connectivity index is 2.52. The zero-order valence-electron chi connectivity index (χ0n) is 7.32. The van der Waals surface area contributed by atoms with Gasteiger partial charge in [0.05, 0.1) is 11.8 Å². The van der Waals surface area contributed by atoms with Crippen LogP contribution < -0.4 is 0 Å². The second kappa shape index (κ2) is 3.90. The first-order valence-corrected chi connectivity index (χ1v) is 4.15. The Morgan fingerprint density at radius 2 is 2.42 bits per heavy atom. The van der Waals surface area contributed by atoms with Gasteiger partial charge in [0.1, 0.15) is 0 Å². The Morgan fingerprint density at radius 3 is 2.67 bits per heavy atom. The quantitative estimate of drug-likeness (QED) is 0.456. The Kier molecular flexibility index (Phi) is 3.09. The number of ether oxygens (including phenoxy) is 1. The van der Waals surface area contributed by atoms with Gasteiger partial charge in [-0.1, -0.05) is 6.08 Å². The average Bonchev–Trinajstić information content (AvgIpc) is 1.96. The summed E-state index contributed by atoms with van der Waals surface area (Å²) in [6.45, 7) is 3.65. The van der Waals surface area contributed by atoms with E-state index in [2.05, 4.69) is 6.58 Å². The predicted octanol–water partition coefficient (Wildman–Crippen LogP) is 0.909. The molecule has 0 aromatic heterocycles. The molecule has 1 fully saturated rings. The first-order valence-electron chi connectivity index (χ1n) is 4.15. The molecule has 0 aromatic rings. The fourth-order valence-electron chi connectivity index (χ4n) is 1.72. The molecule has 3 atom stereocenters. The minimum absolute atomic E-state index is 0.00653. The normalized spacial score (nSPS) is 30.4. The third-order valence-corrected chi connectivity index (χ3v) is 2.62. The van der Waals surface area contributed by atoms with Crippen molar-refractivity contribution in [2.24, 2.45) is 11.8 Å². The fourth-order valence-corrected chi connectivity index (χ4v) is 1.72. The smallest absolute Gasteiger partial charge is 0.168 e. The lowest BCUT2D eigenvalue weighted by molar-refractivity contribution is -0.122. The Labute approximate surface area is 74.4 Å². The molecule has 1 saturated carbocycles. The number of hydrogen-bond acceptors (Lipinski definition) is 2. The predicted molar refractivity (Wildman–Crippen MR) is 48.0 cm³/mol. The van der Waals surface area contributed by atoms with Crippen molar-refractivity contribution >= 4 is 13.5 Å². The van der Waals surface area contributed by atoms with Crippen LogP contribution in [0.15, 0.2) is 12.7 Å². The molecule has 0 aromatic carbocycles. The largest absolute Gasteiger partial charge is 0.377 e. The number of carbonyl (C=O) groups excluding carboxylic acids is 1. The Morgan fingerprint density at radius 1 is 1.75 bits per heavy atom. The molecule has 0 saturated heterocycles. The van der Waals surface area contributed by atoms with Crippen molar-refractivity contribution in [1.29, 1.82) is 0 Å². The SMILES string of the molecule is [B]C(=O)C1CC[C@H]1[C@H](C=C)OC. The molecule has 2 nitrogen and oxygen atoms in total. The standard InChI is InChI=1S/C9H13BO2/c1-3-8(12-2)6-4-5-7(6)9(10)11/h3,6-8H,1,4-5H2,2H3/t6-,7?,8+/m1/s1. The summed E-state index contributed by atoms with van der Waals surface area (Å²) in [5.74, 6) is 0.248. The highest BCUT2D eigenvalue weighted by Gasteiger charge is 2.37. The van der Waals surface area contributed by atoms with E-state index in [1.165, 1.54) is 0 Å². The van der Waals surface area contributed by atoms with E-state index < -0.39 is 0 Å². The summed E-state index contributed by atoms with van der Waals surface area (Å²) in [6, 6.07) is 0. The molecule has 0 spiro atoms. The van der Waals surface area contributed by atoms with Crippen molar-refractivity contribution in [1.82, 2.24) is 0 Å². The van der Waals surface area contributed by atoms with Crippen LogP contribution in [0.3, 0.4) is 0 Å². The molecule has 1 rings (SSSR count). The van der Waals surface area contributed by atoms with Crippen LogP contribution in [0.25, 0.3) is 0 Å². The molecule has 2 radical (unpaired) electrons. The van der Waals surface area contributed by atoms with Gasteiger partial charge in [-0.05, 0) is 18.8 Å². The minimum atomic E-state index is -0.213. The summed E-state index contributed by atoms with van der Waals surface area (Å²) in [5.41, 5.74) is -0.213. The highest BCUT2D eigenvalue weighted by Crippen LogP contribution is 2.38. The van der Waals surface area contributed by atoms with Gasteiger partial charge in [-0.3, -0.25) is 0 Å². The van der Waals surface area contributed by atoms with Crippen molar-refractivity contribution in [3.63, 3.8) is 0 Å². The molecule has 0 heterocycles. The van der Waals surface area contributed by atoms with E-state index >= 15 is 0 Å². The molecule has 0 amide bonds. The molecule has 64 valence electrons. The highest BCUT2D eigenvalue weighted by atomic mass is 16.5. The van der Waals surface area contributed by atoms with Crippen molar-refractivity contribution in [2.75, 3.05) is 7.11 Å². The maximum atomic E-state index is 10.9. The summed E-state index contributed by atoms with van der Waals surface area (Å²) < 4.78 is 5.16. The molecule has 0 bridgehead atoms. The van der Waals surface area contributed by atoms with E-state index in [0.717, 1.165) is 12.8 Å². The fraction of sp³-hybridized carbons (Fsp3) is 0.667. The van der Waals surface area contributed by atoms with Crippen LogP contribution in [0.5, 0.6) is 0 Å². The van der Waals surface area contributed by atoms with Crippen molar-refractivity contribution in [3.05, 3.63) is 12.7 Å². The van der Waals surface area contributed by atoms with Crippen LogP contribution in [0.2, 0.25) is 0 Å². The minimum Gasteiger partial charge on any atom is -0.377 e. The lowest BCUT2D eigenvalue weighted by Gasteiger charge is -2.38. The van der Waals surface area contributed by atoms with E-state index in [-0.39, 0.29) is 23.6 Å². The lowest BCUT2D eigenvalue weighted by atomic mass is 9.64. The van der Waals surface area contributed by atoms with Gasteiger partial charge in [-0.25, -0.2) is 0 Å². The van der Waals surface area contributed by atoms with E-state index in [9.17, 15) is 4.79 Å². The maximum Gasteiger partial charge on any atom is 0.168 e. The number of rotatable bonds is 4. The molecule has 1 aliphatic carbocycles. The number of methoxy groups -OCH3 is 1. The highest BCUT2D eigenvalue weighted by molar-refractivity contribution is 6.58.